The Morgan fingerprint density at radius 3 is 2.59 bits per heavy atom. The van der Waals surface area contributed by atoms with Crippen molar-refractivity contribution in [3.05, 3.63) is 16.4 Å². The van der Waals surface area contributed by atoms with Crippen molar-refractivity contribution in [1.29, 1.82) is 0 Å². The molecule has 1 aromatic rings. The summed E-state index contributed by atoms with van der Waals surface area (Å²) in [4.78, 5) is 0. The van der Waals surface area contributed by atoms with Crippen LogP contribution in [0.4, 0.5) is 0 Å². The molecule has 17 heavy (non-hydrogen) atoms. The van der Waals surface area contributed by atoms with Crippen LogP contribution >= 0.6 is 11.6 Å². The van der Waals surface area contributed by atoms with Crippen LogP contribution in [0.1, 0.15) is 30.5 Å². The van der Waals surface area contributed by atoms with E-state index in [0.717, 1.165) is 30.5 Å². The molecule has 0 aromatic carbocycles. The number of methoxy groups -OCH3 is 1. The highest BCUT2D eigenvalue weighted by atomic mass is 35.5. The normalized spacial score (nSPS) is 20.1. The van der Waals surface area contributed by atoms with Crippen LogP contribution in [0.25, 0.3) is 0 Å². The molecule has 0 saturated heterocycles. The summed E-state index contributed by atoms with van der Waals surface area (Å²) in [6.45, 7) is 1.91. The SMILES string of the molecule is COC1(C(O)Cc2c(C)nn(C)c2Cl)CCC1. The van der Waals surface area contributed by atoms with E-state index in [1.165, 1.54) is 0 Å². The molecule has 1 unspecified atom stereocenters. The van der Waals surface area contributed by atoms with Crippen molar-refractivity contribution in [1.82, 2.24) is 9.78 Å². The first-order valence-electron chi connectivity index (χ1n) is 5.91. The molecular formula is C12H19ClN2O2. The van der Waals surface area contributed by atoms with Crippen molar-refractivity contribution >= 4 is 11.6 Å². The van der Waals surface area contributed by atoms with E-state index in [2.05, 4.69) is 5.10 Å². The Morgan fingerprint density at radius 1 is 1.59 bits per heavy atom. The molecule has 1 aromatic heterocycles. The first kappa shape index (κ1) is 12.9. The molecule has 1 fully saturated rings. The smallest absolute Gasteiger partial charge is 0.130 e. The van der Waals surface area contributed by atoms with Gasteiger partial charge in [-0.1, -0.05) is 11.6 Å². The fourth-order valence-corrected chi connectivity index (χ4v) is 2.74. The molecule has 0 aliphatic heterocycles. The van der Waals surface area contributed by atoms with Crippen molar-refractivity contribution in [3.8, 4) is 0 Å². The van der Waals surface area contributed by atoms with Crippen molar-refractivity contribution < 1.29 is 9.84 Å². The van der Waals surface area contributed by atoms with Gasteiger partial charge in [0.25, 0.3) is 0 Å². The zero-order valence-corrected chi connectivity index (χ0v) is 11.3. The maximum Gasteiger partial charge on any atom is 0.130 e. The van der Waals surface area contributed by atoms with E-state index in [9.17, 15) is 5.11 Å². The molecule has 2 rings (SSSR count). The number of hydrogen-bond donors (Lipinski definition) is 1. The van der Waals surface area contributed by atoms with Gasteiger partial charge in [0.1, 0.15) is 5.15 Å². The van der Waals surface area contributed by atoms with Crippen LogP contribution in [0.5, 0.6) is 0 Å². The lowest BCUT2D eigenvalue weighted by Gasteiger charge is -2.44. The summed E-state index contributed by atoms with van der Waals surface area (Å²) >= 11 is 6.16. The molecule has 1 saturated carbocycles. The number of aliphatic hydroxyl groups is 1. The maximum absolute atomic E-state index is 10.3. The minimum absolute atomic E-state index is 0.369. The van der Waals surface area contributed by atoms with E-state index in [4.69, 9.17) is 16.3 Å². The molecule has 96 valence electrons. The summed E-state index contributed by atoms with van der Waals surface area (Å²) in [6, 6.07) is 0. The zero-order chi connectivity index (χ0) is 12.6. The standard InChI is InChI=1S/C12H19ClN2O2/c1-8-9(11(13)15(2)14-8)7-10(16)12(17-3)5-4-6-12/h10,16H,4-7H2,1-3H3. The number of aryl methyl sites for hydroxylation is 2. The van der Waals surface area contributed by atoms with Crippen LogP contribution in [0.2, 0.25) is 5.15 Å². The van der Waals surface area contributed by atoms with Gasteiger partial charge in [-0.05, 0) is 26.2 Å². The Bertz CT molecular complexity index is 407. The average molecular weight is 259 g/mol. The van der Waals surface area contributed by atoms with E-state index < -0.39 is 6.10 Å². The van der Waals surface area contributed by atoms with Crippen LogP contribution in [0.15, 0.2) is 0 Å². The summed E-state index contributed by atoms with van der Waals surface area (Å²) in [6.07, 6.45) is 2.95. The van der Waals surface area contributed by atoms with E-state index in [1.807, 2.05) is 6.92 Å². The van der Waals surface area contributed by atoms with E-state index in [-0.39, 0.29) is 5.60 Å². The molecule has 1 N–H and O–H groups in total. The van der Waals surface area contributed by atoms with Gasteiger partial charge in [-0.3, -0.25) is 4.68 Å². The van der Waals surface area contributed by atoms with Crippen LogP contribution in [0.3, 0.4) is 0 Å². The van der Waals surface area contributed by atoms with Gasteiger partial charge < -0.3 is 9.84 Å². The molecular weight excluding hydrogens is 240 g/mol. The second kappa shape index (κ2) is 4.59. The second-order valence-electron chi connectivity index (χ2n) is 4.82. The zero-order valence-electron chi connectivity index (χ0n) is 10.5. The third-order valence-electron chi connectivity index (χ3n) is 3.88. The number of nitrogens with zero attached hydrogens (tertiary/aromatic N) is 2. The molecule has 0 radical (unpaired) electrons. The number of aliphatic hydroxyl groups excluding tert-OH is 1. The number of aromatic nitrogens is 2. The molecule has 1 heterocycles. The Kier molecular flexibility index (Phi) is 3.48. The lowest BCUT2D eigenvalue weighted by molar-refractivity contribution is -0.148. The summed E-state index contributed by atoms with van der Waals surface area (Å²) in [5.41, 5.74) is 1.43. The fraction of sp³-hybridized carbons (Fsp3) is 0.750. The number of rotatable bonds is 4. The van der Waals surface area contributed by atoms with Crippen LogP contribution < -0.4 is 0 Å². The van der Waals surface area contributed by atoms with Gasteiger partial charge in [0, 0.05) is 26.1 Å². The van der Waals surface area contributed by atoms with Gasteiger partial charge in [-0.2, -0.15) is 5.10 Å². The number of halogens is 1. The summed E-state index contributed by atoms with van der Waals surface area (Å²) < 4.78 is 7.11. The molecule has 1 atom stereocenters. The predicted molar refractivity (Wildman–Crippen MR) is 66.3 cm³/mol. The van der Waals surface area contributed by atoms with E-state index in [0.29, 0.717) is 11.6 Å². The Morgan fingerprint density at radius 2 is 2.24 bits per heavy atom. The molecule has 5 heteroatoms. The topological polar surface area (TPSA) is 47.3 Å². The number of hydrogen-bond acceptors (Lipinski definition) is 3. The summed E-state index contributed by atoms with van der Waals surface area (Å²) in [5, 5.41) is 15.2. The van der Waals surface area contributed by atoms with Crippen LogP contribution in [-0.4, -0.2) is 33.7 Å². The highest BCUT2D eigenvalue weighted by Crippen LogP contribution is 2.39. The first-order valence-corrected chi connectivity index (χ1v) is 6.29. The van der Waals surface area contributed by atoms with Crippen molar-refractivity contribution in [3.63, 3.8) is 0 Å². The van der Waals surface area contributed by atoms with Gasteiger partial charge in [0.2, 0.25) is 0 Å². The highest BCUT2D eigenvalue weighted by molar-refractivity contribution is 6.30. The van der Waals surface area contributed by atoms with Gasteiger partial charge in [0.15, 0.2) is 0 Å². The molecule has 0 bridgehead atoms. The average Bonchev–Trinajstić information content (AvgIpc) is 2.44. The Hall–Kier alpha value is -0.580. The summed E-state index contributed by atoms with van der Waals surface area (Å²) in [5.74, 6) is 0. The third-order valence-corrected chi connectivity index (χ3v) is 4.35. The minimum atomic E-state index is -0.512. The lowest BCUT2D eigenvalue weighted by atomic mass is 9.74. The summed E-state index contributed by atoms with van der Waals surface area (Å²) in [7, 11) is 3.47. The Labute approximate surface area is 107 Å². The highest BCUT2D eigenvalue weighted by Gasteiger charge is 2.44. The van der Waals surface area contributed by atoms with Crippen molar-refractivity contribution in [2.24, 2.45) is 7.05 Å². The Balaban J connectivity index is 2.15. The molecule has 1 aliphatic carbocycles. The van der Waals surface area contributed by atoms with Crippen molar-refractivity contribution in [2.75, 3.05) is 7.11 Å². The fourth-order valence-electron chi connectivity index (χ4n) is 2.48. The minimum Gasteiger partial charge on any atom is -0.390 e. The largest absolute Gasteiger partial charge is 0.390 e. The monoisotopic (exact) mass is 258 g/mol. The van der Waals surface area contributed by atoms with E-state index >= 15 is 0 Å². The lowest BCUT2D eigenvalue weighted by Crippen LogP contribution is -2.50. The van der Waals surface area contributed by atoms with Gasteiger partial charge in [0.05, 0.1) is 17.4 Å². The molecule has 0 spiro atoms. The molecule has 4 nitrogen and oxygen atoms in total. The second-order valence-corrected chi connectivity index (χ2v) is 5.18. The third kappa shape index (κ3) is 2.09. The van der Waals surface area contributed by atoms with E-state index in [1.54, 1.807) is 18.8 Å². The van der Waals surface area contributed by atoms with Crippen molar-refractivity contribution in [2.45, 2.75) is 44.3 Å². The number of ether oxygens (including phenoxy) is 1. The van der Waals surface area contributed by atoms with Crippen LogP contribution in [-0.2, 0) is 18.2 Å². The van der Waals surface area contributed by atoms with Gasteiger partial charge in [-0.25, -0.2) is 0 Å². The van der Waals surface area contributed by atoms with Crippen LogP contribution in [0, 0.1) is 6.92 Å². The predicted octanol–water partition coefficient (Wildman–Crippen LogP) is 1.85. The molecule has 1 aliphatic rings. The van der Waals surface area contributed by atoms with Gasteiger partial charge in [-0.15, -0.1) is 0 Å². The first-order chi connectivity index (χ1) is 8.00. The molecule has 0 amide bonds. The van der Waals surface area contributed by atoms with Gasteiger partial charge >= 0.3 is 0 Å². The maximum atomic E-state index is 10.3. The quantitative estimate of drug-likeness (QED) is 0.897.